The smallest absolute Gasteiger partial charge is 0.121 e. The number of nitrogens with two attached hydrogens (primary N) is 1. The Morgan fingerprint density at radius 2 is 1.84 bits per heavy atom. The molecule has 1 aromatic heterocycles. The van der Waals surface area contributed by atoms with Crippen molar-refractivity contribution in [3.63, 3.8) is 0 Å². The highest BCUT2D eigenvalue weighted by atomic mass is 14.9. The van der Waals surface area contributed by atoms with Crippen molar-refractivity contribution in [1.29, 1.82) is 0 Å². The van der Waals surface area contributed by atoms with Gasteiger partial charge in [0.2, 0.25) is 0 Å². The predicted octanol–water partition coefficient (Wildman–Crippen LogP) is 2.42. The Balaban J connectivity index is 2.06. The number of nitrogens with zero attached hydrogens (tertiary/aromatic N) is 1. The first-order chi connectivity index (χ1) is 9.36. The van der Waals surface area contributed by atoms with Gasteiger partial charge in [0, 0.05) is 5.56 Å². The molecule has 1 heterocycles. The van der Waals surface area contributed by atoms with Crippen molar-refractivity contribution in [2.24, 2.45) is 5.73 Å². The SMILES string of the molecule is NCc1nc2c(C#Cc3ccccc3)cccc2[nH]1. The molecule has 0 radical (unpaired) electrons. The van der Waals surface area contributed by atoms with Crippen LogP contribution in [0.2, 0.25) is 0 Å². The molecule has 3 N–H and O–H groups in total. The maximum absolute atomic E-state index is 5.60. The van der Waals surface area contributed by atoms with Crippen LogP contribution in [0, 0.1) is 11.8 Å². The third kappa shape index (κ3) is 2.35. The van der Waals surface area contributed by atoms with Gasteiger partial charge in [-0.25, -0.2) is 4.98 Å². The maximum Gasteiger partial charge on any atom is 0.121 e. The van der Waals surface area contributed by atoms with Crippen LogP contribution in [0.1, 0.15) is 17.0 Å². The monoisotopic (exact) mass is 247 g/mol. The summed E-state index contributed by atoms with van der Waals surface area (Å²) in [5.41, 5.74) is 9.36. The standard InChI is InChI=1S/C16H13N3/c17-11-15-18-14-8-4-7-13(16(14)19-15)10-9-12-5-2-1-3-6-12/h1-8H,11,17H2,(H,18,19). The lowest BCUT2D eigenvalue weighted by Gasteiger charge is -1.92. The van der Waals surface area contributed by atoms with Crippen LogP contribution in [0.3, 0.4) is 0 Å². The van der Waals surface area contributed by atoms with Gasteiger partial charge < -0.3 is 10.7 Å². The first kappa shape index (κ1) is 11.5. The van der Waals surface area contributed by atoms with Crippen LogP contribution in [0.4, 0.5) is 0 Å². The van der Waals surface area contributed by atoms with Crippen molar-refractivity contribution in [1.82, 2.24) is 9.97 Å². The molecule has 0 atom stereocenters. The Bertz CT molecular complexity index is 761. The van der Waals surface area contributed by atoms with E-state index in [0.29, 0.717) is 6.54 Å². The van der Waals surface area contributed by atoms with Gasteiger partial charge in [-0.15, -0.1) is 0 Å². The summed E-state index contributed by atoms with van der Waals surface area (Å²) in [6.45, 7) is 0.403. The molecule has 0 saturated heterocycles. The molecule has 0 aliphatic carbocycles. The van der Waals surface area contributed by atoms with Crippen molar-refractivity contribution in [3.8, 4) is 11.8 Å². The third-order valence-electron chi connectivity index (χ3n) is 2.87. The highest BCUT2D eigenvalue weighted by Crippen LogP contribution is 2.15. The fraction of sp³-hybridized carbons (Fsp3) is 0.0625. The lowest BCUT2D eigenvalue weighted by Crippen LogP contribution is -1.97. The summed E-state index contributed by atoms with van der Waals surface area (Å²) in [5.74, 6) is 7.09. The molecule has 19 heavy (non-hydrogen) atoms. The molecule has 0 saturated carbocycles. The molecule has 0 spiro atoms. The molecule has 0 aliphatic rings. The number of benzene rings is 2. The first-order valence-electron chi connectivity index (χ1n) is 6.11. The second-order valence-corrected chi connectivity index (χ2v) is 4.21. The number of para-hydroxylation sites is 1. The van der Waals surface area contributed by atoms with E-state index in [9.17, 15) is 0 Å². The minimum atomic E-state index is 0.403. The summed E-state index contributed by atoms with van der Waals surface area (Å²) < 4.78 is 0. The predicted molar refractivity (Wildman–Crippen MR) is 76.4 cm³/mol. The van der Waals surface area contributed by atoms with E-state index in [1.54, 1.807) is 0 Å². The number of fused-ring (bicyclic) bond motifs is 1. The molecular formula is C16H13N3. The van der Waals surface area contributed by atoms with Gasteiger partial charge in [-0.05, 0) is 24.3 Å². The van der Waals surface area contributed by atoms with Gasteiger partial charge in [0.25, 0.3) is 0 Å². The molecule has 0 fully saturated rings. The molecule has 3 rings (SSSR count). The fourth-order valence-electron chi connectivity index (χ4n) is 1.94. The van der Waals surface area contributed by atoms with Gasteiger partial charge in [-0.3, -0.25) is 0 Å². The minimum Gasteiger partial charge on any atom is -0.341 e. The maximum atomic E-state index is 5.60. The average Bonchev–Trinajstić information content (AvgIpc) is 2.90. The van der Waals surface area contributed by atoms with Crippen molar-refractivity contribution in [2.75, 3.05) is 0 Å². The Morgan fingerprint density at radius 1 is 1.00 bits per heavy atom. The number of rotatable bonds is 1. The molecule has 3 aromatic rings. The van der Waals surface area contributed by atoms with Crippen molar-refractivity contribution in [3.05, 3.63) is 65.5 Å². The van der Waals surface area contributed by atoms with E-state index < -0.39 is 0 Å². The number of hydrogen-bond donors (Lipinski definition) is 2. The van der Waals surface area contributed by atoms with Gasteiger partial charge in [0.05, 0.1) is 17.6 Å². The van der Waals surface area contributed by atoms with Gasteiger partial charge in [0.15, 0.2) is 0 Å². The number of hydrogen-bond acceptors (Lipinski definition) is 2. The highest BCUT2D eigenvalue weighted by molar-refractivity contribution is 5.82. The van der Waals surface area contributed by atoms with E-state index in [4.69, 9.17) is 5.73 Å². The van der Waals surface area contributed by atoms with E-state index in [1.807, 2.05) is 48.5 Å². The van der Waals surface area contributed by atoms with Crippen LogP contribution < -0.4 is 5.73 Å². The lowest BCUT2D eigenvalue weighted by molar-refractivity contribution is 0.958. The normalized spacial score (nSPS) is 10.2. The molecule has 3 heteroatoms. The number of H-pyrrole nitrogens is 1. The Labute approximate surface area is 111 Å². The van der Waals surface area contributed by atoms with E-state index in [-0.39, 0.29) is 0 Å². The largest absolute Gasteiger partial charge is 0.341 e. The van der Waals surface area contributed by atoms with Crippen molar-refractivity contribution < 1.29 is 0 Å². The lowest BCUT2D eigenvalue weighted by atomic mass is 10.1. The van der Waals surface area contributed by atoms with E-state index in [2.05, 4.69) is 21.8 Å². The second kappa shape index (κ2) is 4.97. The van der Waals surface area contributed by atoms with Crippen molar-refractivity contribution in [2.45, 2.75) is 6.54 Å². The summed E-state index contributed by atoms with van der Waals surface area (Å²) >= 11 is 0. The summed E-state index contributed by atoms with van der Waals surface area (Å²) in [7, 11) is 0. The van der Waals surface area contributed by atoms with E-state index in [0.717, 1.165) is 28.0 Å². The second-order valence-electron chi connectivity index (χ2n) is 4.21. The molecule has 0 unspecified atom stereocenters. The summed E-state index contributed by atoms with van der Waals surface area (Å²) in [5, 5.41) is 0. The number of imidazole rings is 1. The van der Waals surface area contributed by atoms with Gasteiger partial charge in [0.1, 0.15) is 11.3 Å². The molecule has 92 valence electrons. The first-order valence-corrected chi connectivity index (χ1v) is 6.11. The van der Waals surface area contributed by atoms with E-state index in [1.165, 1.54) is 0 Å². The summed E-state index contributed by atoms with van der Waals surface area (Å²) in [6.07, 6.45) is 0. The Kier molecular flexibility index (Phi) is 3.01. The fourth-order valence-corrected chi connectivity index (χ4v) is 1.94. The zero-order valence-corrected chi connectivity index (χ0v) is 10.4. The van der Waals surface area contributed by atoms with Crippen LogP contribution in [-0.4, -0.2) is 9.97 Å². The minimum absolute atomic E-state index is 0.403. The van der Waals surface area contributed by atoms with Crippen LogP contribution >= 0.6 is 0 Å². The zero-order valence-electron chi connectivity index (χ0n) is 10.4. The zero-order chi connectivity index (χ0) is 13.1. The molecule has 0 bridgehead atoms. The van der Waals surface area contributed by atoms with Gasteiger partial charge in [-0.1, -0.05) is 36.1 Å². The Morgan fingerprint density at radius 3 is 2.63 bits per heavy atom. The number of aromatic amines is 1. The quantitative estimate of drug-likeness (QED) is 0.649. The van der Waals surface area contributed by atoms with Crippen molar-refractivity contribution >= 4 is 11.0 Å². The van der Waals surface area contributed by atoms with Gasteiger partial charge >= 0.3 is 0 Å². The molecule has 3 nitrogen and oxygen atoms in total. The molecular weight excluding hydrogens is 234 g/mol. The summed E-state index contributed by atoms with van der Waals surface area (Å²) in [4.78, 5) is 7.64. The highest BCUT2D eigenvalue weighted by Gasteiger charge is 2.04. The molecule has 0 aliphatic heterocycles. The van der Waals surface area contributed by atoms with Crippen LogP contribution in [0.15, 0.2) is 48.5 Å². The summed E-state index contributed by atoms with van der Waals surface area (Å²) in [6, 6.07) is 15.8. The van der Waals surface area contributed by atoms with E-state index >= 15 is 0 Å². The van der Waals surface area contributed by atoms with Gasteiger partial charge in [-0.2, -0.15) is 0 Å². The molecule has 0 amide bonds. The Hall–Kier alpha value is -2.57. The third-order valence-corrected chi connectivity index (χ3v) is 2.87. The van der Waals surface area contributed by atoms with Crippen LogP contribution in [0.25, 0.3) is 11.0 Å². The number of nitrogens with one attached hydrogen (secondary N) is 1. The molecule has 2 aromatic carbocycles. The van der Waals surface area contributed by atoms with Crippen LogP contribution in [0.5, 0.6) is 0 Å². The van der Waals surface area contributed by atoms with Crippen LogP contribution in [-0.2, 0) is 6.54 Å². The topological polar surface area (TPSA) is 54.7 Å². The average molecular weight is 247 g/mol. The number of aromatic nitrogens is 2.